The molecule has 4 nitrogen and oxygen atoms in total. The number of rotatable bonds is 2. The van der Waals surface area contributed by atoms with Crippen LogP contribution in [0.25, 0.3) is 16.8 Å². The normalized spacial score (nSPS) is 16.2. The highest BCUT2D eigenvalue weighted by molar-refractivity contribution is 6.30. The minimum Gasteiger partial charge on any atom is -0.381 e. The number of halogens is 1. The molecule has 0 spiro atoms. The predicted octanol–water partition coefficient (Wildman–Crippen LogP) is 3.94. The van der Waals surface area contributed by atoms with Crippen molar-refractivity contribution in [3.63, 3.8) is 0 Å². The number of hydrogen-bond acceptors (Lipinski definition) is 3. The fraction of sp³-hybridized carbons (Fsp3) is 0.294. The Morgan fingerprint density at radius 1 is 1.14 bits per heavy atom. The predicted molar refractivity (Wildman–Crippen MR) is 86.2 cm³/mol. The summed E-state index contributed by atoms with van der Waals surface area (Å²) in [5.41, 5.74) is 3.06. The maximum Gasteiger partial charge on any atom is 0.117 e. The van der Waals surface area contributed by atoms with Crippen LogP contribution in [0.15, 0.2) is 42.9 Å². The Labute approximate surface area is 133 Å². The third-order valence-electron chi connectivity index (χ3n) is 4.18. The standard InChI is InChI=1S/C17H16ClN3O/c18-14-3-1-12(2-4-14)16-15-11-19-7-8-21(15)17(20-16)13-5-9-22-10-6-13/h1-4,7-8,11,13H,5-6,9-10H2. The van der Waals surface area contributed by atoms with Crippen molar-refractivity contribution in [1.82, 2.24) is 14.4 Å². The quantitative estimate of drug-likeness (QED) is 0.719. The second-order valence-electron chi connectivity index (χ2n) is 5.54. The zero-order chi connectivity index (χ0) is 14.9. The van der Waals surface area contributed by atoms with E-state index in [1.54, 1.807) is 0 Å². The van der Waals surface area contributed by atoms with Crippen molar-refractivity contribution in [3.05, 3.63) is 53.7 Å². The van der Waals surface area contributed by atoms with Crippen molar-refractivity contribution in [1.29, 1.82) is 0 Å². The summed E-state index contributed by atoms with van der Waals surface area (Å²) in [5.74, 6) is 1.54. The largest absolute Gasteiger partial charge is 0.381 e. The van der Waals surface area contributed by atoms with Crippen molar-refractivity contribution >= 4 is 17.1 Å². The van der Waals surface area contributed by atoms with Gasteiger partial charge < -0.3 is 4.74 Å². The van der Waals surface area contributed by atoms with E-state index in [2.05, 4.69) is 9.38 Å². The second kappa shape index (κ2) is 5.71. The first kappa shape index (κ1) is 13.7. The molecule has 1 fully saturated rings. The molecule has 1 saturated heterocycles. The summed E-state index contributed by atoms with van der Waals surface area (Å²) in [7, 11) is 0. The van der Waals surface area contributed by atoms with E-state index < -0.39 is 0 Å². The molecule has 0 saturated carbocycles. The van der Waals surface area contributed by atoms with Gasteiger partial charge in [-0.25, -0.2) is 4.98 Å². The molecule has 3 heterocycles. The van der Waals surface area contributed by atoms with E-state index in [4.69, 9.17) is 21.3 Å². The van der Waals surface area contributed by atoms with Gasteiger partial charge in [0.05, 0.1) is 17.4 Å². The van der Waals surface area contributed by atoms with Crippen molar-refractivity contribution < 1.29 is 4.74 Å². The summed E-state index contributed by atoms with van der Waals surface area (Å²) in [5, 5.41) is 0.732. The average Bonchev–Trinajstić information content (AvgIpc) is 2.96. The monoisotopic (exact) mass is 313 g/mol. The number of benzene rings is 1. The van der Waals surface area contributed by atoms with E-state index in [1.807, 2.05) is 42.9 Å². The van der Waals surface area contributed by atoms with E-state index >= 15 is 0 Å². The van der Waals surface area contributed by atoms with Gasteiger partial charge in [-0.15, -0.1) is 0 Å². The molecule has 5 heteroatoms. The number of fused-ring (bicyclic) bond motifs is 1. The molecule has 0 atom stereocenters. The average molecular weight is 314 g/mol. The van der Waals surface area contributed by atoms with E-state index in [-0.39, 0.29) is 0 Å². The number of hydrogen-bond donors (Lipinski definition) is 0. The third-order valence-corrected chi connectivity index (χ3v) is 4.43. The summed E-state index contributed by atoms with van der Waals surface area (Å²) < 4.78 is 7.63. The molecule has 1 aromatic carbocycles. The molecular formula is C17H16ClN3O. The Bertz CT molecular complexity index is 791. The highest BCUT2D eigenvalue weighted by Gasteiger charge is 2.23. The number of nitrogens with zero attached hydrogens (tertiary/aromatic N) is 3. The van der Waals surface area contributed by atoms with Gasteiger partial charge in [0.2, 0.25) is 0 Å². The fourth-order valence-electron chi connectivity index (χ4n) is 3.03. The highest BCUT2D eigenvalue weighted by atomic mass is 35.5. The van der Waals surface area contributed by atoms with E-state index in [1.165, 1.54) is 0 Å². The molecule has 22 heavy (non-hydrogen) atoms. The van der Waals surface area contributed by atoms with Crippen LogP contribution in [-0.4, -0.2) is 27.6 Å². The van der Waals surface area contributed by atoms with Crippen LogP contribution in [0.5, 0.6) is 0 Å². The van der Waals surface area contributed by atoms with Crippen molar-refractivity contribution in [2.75, 3.05) is 13.2 Å². The van der Waals surface area contributed by atoms with Crippen LogP contribution in [0, 0.1) is 0 Å². The third kappa shape index (κ3) is 2.38. The van der Waals surface area contributed by atoms with E-state index in [9.17, 15) is 0 Å². The summed E-state index contributed by atoms with van der Waals surface area (Å²) >= 11 is 5.99. The Morgan fingerprint density at radius 2 is 1.91 bits per heavy atom. The van der Waals surface area contributed by atoms with Crippen molar-refractivity contribution in [2.24, 2.45) is 0 Å². The SMILES string of the molecule is Clc1ccc(-c2nc(C3CCOCC3)n3ccncc23)cc1. The topological polar surface area (TPSA) is 39.4 Å². The van der Waals surface area contributed by atoms with E-state index in [0.717, 1.165) is 53.7 Å². The lowest BCUT2D eigenvalue weighted by molar-refractivity contribution is 0.0835. The molecule has 0 amide bonds. The van der Waals surface area contributed by atoms with Crippen LogP contribution >= 0.6 is 11.6 Å². The maximum atomic E-state index is 5.99. The lowest BCUT2D eigenvalue weighted by atomic mass is 10.00. The molecule has 0 N–H and O–H groups in total. The molecule has 0 aliphatic carbocycles. The van der Waals surface area contributed by atoms with Crippen molar-refractivity contribution in [3.8, 4) is 11.3 Å². The van der Waals surface area contributed by atoms with Crippen LogP contribution < -0.4 is 0 Å². The number of aromatic nitrogens is 3. The smallest absolute Gasteiger partial charge is 0.117 e. The molecule has 0 radical (unpaired) electrons. The van der Waals surface area contributed by atoms with Gasteiger partial charge in [-0.05, 0) is 25.0 Å². The molecule has 112 valence electrons. The fourth-order valence-corrected chi connectivity index (χ4v) is 3.15. The highest BCUT2D eigenvalue weighted by Crippen LogP contribution is 2.32. The van der Waals surface area contributed by atoms with Gasteiger partial charge in [0, 0.05) is 42.1 Å². The van der Waals surface area contributed by atoms with Gasteiger partial charge in [0.15, 0.2) is 0 Å². The van der Waals surface area contributed by atoms with Crippen LogP contribution in [0.4, 0.5) is 0 Å². The molecule has 0 unspecified atom stereocenters. The maximum absolute atomic E-state index is 5.99. The van der Waals surface area contributed by atoms with Crippen molar-refractivity contribution in [2.45, 2.75) is 18.8 Å². The second-order valence-corrected chi connectivity index (χ2v) is 5.98. The lowest BCUT2D eigenvalue weighted by Crippen LogP contribution is -2.16. The first-order chi connectivity index (χ1) is 10.8. The molecule has 0 bridgehead atoms. The molecule has 1 aliphatic rings. The lowest BCUT2D eigenvalue weighted by Gasteiger charge is -2.20. The molecular weight excluding hydrogens is 298 g/mol. The number of ether oxygens (including phenoxy) is 1. The molecule has 4 rings (SSSR count). The first-order valence-electron chi connectivity index (χ1n) is 7.48. The first-order valence-corrected chi connectivity index (χ1v) is 7.86. The van der Waals surface area contributed by atoms with Gasteiger partial charge in [-0.2, -0.15) is 0 Å². The van der Waals surface area contributed by atoms with Crippen LogP contribution in [0.2, 0.25) is 5.02 Å². The Kier molecular flexibility index (Phi) is 3.56. The van der Waals surface area contributed by atoms with Crippen LogP contribution in [-0.2, 0) is 4.74 Å². The summed E-state index contributed by atoms with van der Waals surface area (Å²) in [6, 6.07) is 7.80. The molecule has 1 aliphatic heterocycles. The Morgan fingerprint density at radius 3 is 2.68 bits per heavy atom. The van der Waals surface area contributed by atoms with Crippen LogP contribution in [0.1, 0.15) is 24.6 Å². The summed E-state index contributed by atoms with van der Waals surface area (Å²) in [6.07, 6.45) is 7.71. The van der Waals surface area contributed by atoms with Gasteiger partial charge in [0.1, 0.15) is 5.82 Å². The zero-order valence-corrected chi connectivity index (χ0v) is 12.8. The summed E-state index contributed by atoms with van der Waals surface area (Å²) in [4.78, 5) is 9.20. The van der Waals surface area contributed by atoms with Crippen LogP contribution in [0.3, 0.4) is 0 Å². The summed E-state index contributed by atoms with van der Waals surface area (Å²) in [6.45, 7) is 1.61. The van der Waals surface area contributed by atoms with Gasteiger partial charge >= 0.3 is 0 Å². The zero-order valence-electron chi connectivity index (χ0n) is 12.1. The van der Waals surface area contributed by atoms with Gasteiger partial charge in [0.25, 0.3) is 0 Å². The Balaban J connectivity index is 1.86. The van der Waals surface area contributed by atoms with E-state index in [0.29, 0.717) is 5.92 Å². The van der Waals surface area contributed by atoms with Gasteiger partial charge in [-0.3, -0.25) is 9.38 Å². The Hall–Kier alpha value is -1.91. The number of imidazole rings is 1. The van der Waals surface area contributed by atoms with Gasteiger partial charge in [-0.1, -0.05) is 23.7 Å². The molecule has 2 aromatic heterocycles. The minimum absolute atomic E-state index is 0.435. The molecule has 3 aromatic rings. The minimum atomic E-state index is 0.435.